The molecule has 0 aromatic heterocycles. The Kier molecular flexibility index (Phi) is 4.15. The Hall–Kier alpha value is -2.82. The summed E-state index contributed by atoms with van der Waals surface area (Å²) in [7, 11) is 0. The van der Waals surface area contributed by atoms with Crippen molar-refractivity contribution in [3.63, 3.8) is 0 Å². The van der Waals surface area contributed by atoms with Gasteiger partial charge in [-0.2, -0.15) is 0 Å². The van der Waals surface area contributed by atoms with E-state index in [0.29, 0.717) is 12.5 Å². The Labute approximate surface area is 152 Å². The van der Waals surface area contributed by atoms with Gasteiger partial charge in [-0.15, -0.1) is 0 Å². The van der Waals surface area contributed by atoms with E-state index in [1.54, 1.807) is 12.1 Å². The molecule has 134 valence electrons. The van der Waals surface area contributed by atoms with Crippen LogP contribution < -0.4 is 10.1 Å². The van der Waals surface area contributed by atoms with Crippen LogP contribution in [0.3, 0.4) is 0 Å². The van der Waals surface area contributed by atoms with E-state index < -0.39 is 0 Å². The molecule has 1 aliphatic carbocycles. The van der Waals surface area contributed by atoms with E-state index in [-0.39, 0.29) is 22.6 Å². The molecule has 0 bridgehead atoms. The van der Waals surface area contributed by atoms with Crippen LogP contribution in [0.15, 0.2) is 48.6 Å². The summed E-state index contributed by atoms with van der Waals surface area (Å²) in [5, 5.41) is 14.9. The predicted octanol–water partition coefficient (Wildman–Crippen LogP) is 5.13. The average Bonchev–Trinajstić information content (AvgIpc) is 3.12. The van der Waals surface area contributed by atoms with Gasteiger partial charge in [0.15, 0.2) is 0 Å². The number of fused-ring (bicyclic) bond motifs is 3. The molecule has 0 fully saturated rings. The minimum Gasteiger partial charge on any atom is -0.494 e. The maximum Gasteiger partial charge on any atom is 0.270 e. The number of hydrogen-bond acceptors (Lipinski definition) is 4. The molecule has 2 aliphatic rings. The standard InChI is InChI=1S/C21H22N2O3/c1-3-26-16-9-7-14(8-10-16)21-18-6-4-5-17(18)19-12-15(23(24)25)11-13(2)20(19)22-21/h4-5,7-12,17-18,21-22H,3,6H2,1-2H3. The summed E-state index contributed by atoms with van der Waals surface area (Å²) in [5.74, 6) is 1.45. The second kappa shape index (κ2) is 6.48. The number of rotatable bonds is 4. The number of benzene rings is 2. The van der Waals surface area contributed by atoms with Crippen LogP contribution in [-0.2, 0) is 0 Å². The van der Waals surface area contributed by atoms with Crippen LogP contribution in [0.2, 0.25) is 0 Å². The van der Waals surface area contributed by atoms with Gasteiger partial charge in [0.25, 0.3) is 5.69 Å². The number of nitro benzene ring substituents is 1. The van der Waals surface area contributed by atoms with E-state index in [9.17, 15) is 10.1 Å². The number of ether oxygens (including phenoxy) is 1. The first-order valence-electron chi connectivity index (χ1n) is 9.03. The molecule has 5 nitrogen and oxygen atoms in total. The maximum atomic E-state index is 11.3. The third-order valence-electron chi connectivity index (χ3n) is 5.41. The summed E-state index contributed by atoms with van der Waals surface area (Å²) in [6, 6.07) is 11.8. The van der Waals surface area contributed by atoms with E-state index in [4.69, 9.17) is 4.74 Å². The maximum absolute atomic E-state index is 11.3. The highest BCUT2D eigenvalue weighted by Crippen LogP contribution is 2.51. The summed E-state index contributed by atoms with van der Waals surface area (Å²) in [6.07, 6.45) is 5.37. The van der Waals surface area contributed by atoms with Gasteiger partial charge in [-0.05, 0) is 55.0 Å². The van der Waals surface area contributed by atoms with Gasteiger partial charge in [0.2, 0.25) is 0 Å². The molecule has 0 spiro atoms. The lowest BCUT2D eigenvalue weighted by Gasteiger charge is -2.38. The van der Waals surface area contributed by atoms with Gasteiger partial charge in [-0.25, -0.2) is 0 Å². The summed E-state index contributed by atoms with van der Waals surface area (Å²) in [4.78, 5) is 11.0. The number of nitrogens with zero attached hydrogens (tertiary/aromatic N) is 1. The first kappa shape index (κ1) is 16.6. The molecule has 0 amide bonds. The van der Waals surface area contributed by atoms with Crippen molar-refractivity contribution in [3.8, 4) is 5.75 Å². The number of anilines is 1. The van der Waals surface area contributed by atoms with Crippen LogP contribution in [0.4, 0.5) is 11.4 Å². The second-order valence-corrected chi connectivity index (χ2v) is 6.96. The minimum absolute atomic E-state index is 0.168. The zero-order valence-electron chi connectivity index (χ0n) is 14.9. The fraction of sp³-hybridized carbons (Fsp3) is 0.333. The summed E-state index contributed by atoms with van der Waals surface area (Å²) >= 11 is 0. The van der Waals surface area contributed by atoms with Crippen LogP contribution in [0.25, 0.3) is 0 Å². The molecule has 2 aromatic carbocycles. The Morgan fingerprint density at radius 1 is 1.27 bits per heavy atom. The molecule has 1 N–H and O–H groups in total. The fourth-order valence-corrected chi connectivity index (χ4v) is 4.24. The Bertz CT molecular complexity index is 874. The number of non-ortho nitro benzene ring substituents is 1. The highest BCUT2D eigenvalue weighted by Gasteiger charge is 2.39. The molecular weight excluding hydrogens is 328 g/mol. The van der Waals surface area contributed by atoms with E-state index in [2.05, 4.69) is 29.6 Å². The van der Waals surface area contributed by atoms with Crippen molar-refractivity contribution < 1.29 is 9.66 Å². The molecule has 3 atom stereocenters. The summed E-state index contributed by atoms with van der Waals surface area (Å²) in [5.41, 5.74) is 4.38. The van der Waals surface area contributed by atoms with Crippen LogP contribution in [0.1, 0.15) is 42.0 Å². The number of nitrogens with one attached hydrogen (secondary N) is 1. The van der Waals surface area contributed by atoms with E-state index in [1.165, 1.54) is 5.56 Å². The highest BCUT2D eigenvalue weighted by molar-refractivity contribution is 5.67. The number of nitro groups is 1. The number of aryl methyl sites for hydroxylation is 1. The third kappa shape index (κ3) is 2.73. The molecule has 4 rings (SSSR count). The lowest BCUT2D eigenvalue weighted by Crippen LogP contribution is -2.29. The molecular formula is C21H22N2O3. The largest absolute Gasteiger partial charge is 0.494 e. The zero-order chi connectivity index (χ0) is 18.3. The van der Waals surface area contributed by atoms with Crippen LogP contribution in [-0.4, -0.2) is 11.5 Å². The molecule has 5 heteroatoms. The van der Waals surface area contributed by atoms with Gasteiger partial charge in [0, 0.05) is 23.7 Å². The molecule has 3 unspecified atom stereocenters. The first-order chi connectivity index (χ1) is 12.6. The van der Waals surface area contributed by atoms with E-state index in [0.717, 1.165) is 29.0 Å². The van der Waals surface area contributed by atoms with Crippen molar-refractivity contribution in [2.24, 2.45) is 5.92 Å². The minimum atomic E-state index is -0.306. The number of allylic oxidation sites excluding steroid dienone is 2. The molecule has 2 aromatic rings. The van der Waals surface area contributed by atoms with Crippen molar-refractivity contribution in [1.29, 1.82) is 0 Å². The molecule has 0 saturated carbocycles. The Balaban J connectivity index is 1.73. The molecule has 1 heterocycles. The molecule has 26 heavy (non-hydrogen) atoms. The van der Waals surface area contributed by atoms with Crippen molar-refractivity contribution in [3.05, 3.63) is 75.4 Å². The van der Waals surface area contributed by atoms with Gasteiger partial charge < -0.3 is 10.1 Å². The second-order valence-electron chi connectivity index (χ2n) is 6.96. The van der Waals surface area contributed by atoms with Gasteiger partial charge in [0.1, 0.15) is 5.75 Å². The van der Waals surface area contributed by atoms with Crippen molar-refractivity contribution >= 4 is 11.4 Å². The molecule has 0 radical (unpaired) electrons. The smallest absolute Gasteiger partial charge is 0.270 e. The van der Waals surface area contributed by atoms with Crippen LogP contribution >= 0.6 is 0 Å². The van der Waals surface area contributed by atoms with E-state index >= 15 is 0 Å². The SMILES string of the molecule is CCOc1ccc(C2Nc3c(C)cc([N+](=O)[O-])cc3C3C=CCC32)cc1. The quantitative estimate of drug-likeness (QED) is 0.472. The predicted molar refractivity (Wildman–Crippen MR) is 102 cm³/mol. The van der Waals surface area contributed by atoms with Gasteiger partial charge in [0.05, 0.1) is 17.6 Å². The van der Waals surface area contributed by atoms with Crippen LogP contribution in [0.5, 0.6) is 5.75 Å². The highest BCUT2D eigenvalue weighted by atomic mass is 16.6. The Morgan fingerprint density at radius 3 is 2.73 bits per heavy atom. The fourth-order valence-electron chi connectivity index (χ4n) is 4.24. The monoisotopic (exact) mass is 350 g/mol. The van der Waals surface area contributed by atoms with Crippen molar-refractivity contribution in [2.75, 3.05) is 11.9 Å². The summed E-state index contributed by atoms with van der Waals surface area (Å²) < 4.78 is 5.55. The van der Waals surface area contributed by atoms with Crippen LogP contribution in [0, 0.1) is 23.0 Å². The van der Waals surface area contributed by atoms with Crippen molar-refractivity contribution in [1.82, 2.24) is 0 Å². The number of hydrogen-bond donors (Lipinski definition) is 1. The zero-order valence-corrected chi connectivity index (χ0v) is 14.9. The molecule has 1 aliphatic heterocycles. The van der Waals surface area contributed by atoms with Gasteiger partial charge >= 0.3 is 0 Å². The normalized spacial score (nSPS) is 23.1. The van der Waals surface area contributed by atoms with E-state index in [1.807, 2.05) is 26.0 Å². The Morgan fingerprint density at radius 2 is 2.04 bits per heavy atom. The van der Waals surface area contributed by atoms with Crippen molar-refractivity contribution in [2.45, 2.75) is 32.2 Å². The average molecular weight is 350 g/mol. The molecule has 0 saturated heterocycles. The lowest BCUT2D eigenvalue weighted by atomic mass is 9.76. The third-order valence-corrected chi connectivity index (χ3v) is 5.41. The lowest BCUT2D eigenvalue weighted by molar-refractivity contribution is -0.385. The van der Waals surface area contributed by atoms with Gasteiger partial charge in [-0.1, -0.05) is 24.3 Å². The topological polar surface area (TPSA) is 64.4 Å². The van der Waals surface area contributed by atoms with Gasteiger partial charge in [-0.3, -0.25) is 10.1 Å². The summed E-state index contributed by atoms with van der Waals surface area (Å²) in [6.45, 7) is 4.57. The first-order valence-corrected chi connectivity index (χ1v) is 9.03.